The highest BCUT2D eigenvalue weighted by atomic mass is 35.5. The maximum Gasteiger partial charge on any atom is 0.254 e. The van der Waals surface area contributed by atoms with Gasteiger partial charge in [-0.05, 0) is 43.3 Å². The smallest absolute Gasteiger partial charge is 0.254 e. The summed E-state index contributed by atoms with van der Waals surface area (Å²) in [6, 6.07) is 11.1. The molecule has 5 nitrogen and oxygen atoms in total. The number of ether oxygens (including phenoxy) is 1. The van der Waals surface area contributed by atoms with E-state index in [4.69, 9.17) is 4.74 Å². The number of halogens is 2. The van der Waals surface area contributed by atoms with Crippen molar-refractivity contribution in [1.82, 2.24) is 15.2 Å². The van der Waals surface area contributed by atoms with Crippen LogP contribution in [0.5, 0.6) is 11.5 Å². The predicted molar refractivity (Wildman–Crippen MR) is 98.6 cm³/mol. The zero-order valence-electron chi connectivity index (χ0n) is 13.3. The Hall–Kier alpha value is -1.82. The van der Waals surface area contributed by atoms with Crippen LogP contribution in [0.3, 0.4) is 0 Å². The molecule has 0 spiro atoms. The second-order valence-corrected chi connectivity index (χ2v) is 5.37. The third-order valence-electron chi connectivity index (χ3n) is 3.73. The van der Waals surface area contributed by atoms with Crippen LogP contribution in [0.1, 0.15) is 17.3 Å². The third-order valence-corrected chi connectivity index (χ3v) is 3.73. The topological polar surface area (TPSA) is 54.5 Å². The Balaban J connectivity index is 0.00000144. The van der Waals surface area contributed by atoms with E-state index < -0.39 is 0 Å². The highest BCUT2D eigenvalue weighted by molar-refractivity contribution is 5.94. The van der Waals surface area contributed by atoms with Crippen molar-refractivity contribution in [3.05, 3.63) is 54.4 Å². The van der Waals surface area contributed by atoms with Gasteiger partial charge in [0.2, 0.25) is 0 Å². The minimum Gasteiger partial charge on any atom is -0.456 e. The SMILES string of the molecule is C[C@@H]1CNCCN1C(=O)c1ccc(Oc2cccnc2)cc1.Cl.Cl. The van der Waals surface area contributed by atoms with E-state index in [1.54, 1.807) is 12.4 Å². The fraction of sp³-hybridized carbons (Fsp3) is 0.294. The lowest BCUT2D eigenvalue weighted by molar-refractivity contribution is 0.0656. The van der Waals surface area contributed by atoms with Gasteiger partial charge in [-0.1, -0.05) is 0 Å². The lowest BCUT2D eigenvalue weighted by atomic mass is 10.1. The number of rotatable bonds is 3. The highest BCUT2D eigenvalue weighted by Gasteiger charge is 2.23. The van der Waals surface area contributed by atoms with Crippen molar-refractivity contribution in [2.45, 2.75) is 13.0 Å². The molecular weight excluding hydrogens is 349 g/mol. The lowest BCUT2D eigenvalue weighted by Gasteiger charge is -2.34. The summed E-state index contributed by atoms with van der Waals surface area (Å²) in [4.78, 5) is 18.4. The number of benzene rings is 1. The Morgan fingerprint density at radius 3 is 2.58 bits per heavy atom. The van der Waals surface area contributed by atoms with Crippen molar-refractivity contribution in [3.8, 4) is 11.5 Å². The van der Waals surface area contributed by atoms with Gasteiger partial charge in [-0.25, -0.2) is 0 Å². The summed E-state index contributed by atoms with van der Waals surface area (Å²) >= 11 is 0. The molecule has 1 aliphatic heterocycles. The van der Waals surface area contributed by atoms with Gasteiger partial charge in [0.15, 0.2) is 0 Å². The third kappa shape index (κ3) is 4.84. The summed E-state index contributed by atoms with van der Waals surface area (Å²) < 4.78 is 5.68. The number of amides is 1. The first kappa shape index (κ1) is 20.2. The average Bonchev–Trinajstić information content (AvgIpc) is 2.56. The molecule has 1 aromatic heterocycles. The molecule has 3 rings (SSSR count). The number of nitrogens with one attached hydrogen (secondary N) is 1. The maximum absolute atomic E-state index is 12.5. The molecule has 2 heterocycles. The van der Waals surface area contributed by atoms with E-state index in [1.807, 2.05) is 41.3 Å². The van der Waals surface area contributed by atoms with Gasteiger partial charge in [0, 0.05) is 37.4 Å². The molecule has 1 amide bonds. The van der Waals surface area contributed by atoms with Crippen LogP contribution >= 0.6 is 24.8 Å². The van der Waals surface area contributed by atoms with Crippen LogP contribution in [-0.4, -0.2) is 41.5 Å². The molecule has 2 aromatic rings. The molecule has 0 radical (unpaired) electrons. The molecule has 1 aliphatic rings. The number of nitrogens with zero attached hydrogens (tertiary/aromatic N) is 2. The number of hydrogen-bond donors (Lipinski definition) is 1. The van der Waals surface area contributed by atoms with Gasteiger partial charge in [0.05, 0.1) is 6.20 Å². The van der Waals surface area contributed by atoms with Gasteiger partial charge in [-0.15, -0.1) is 24.8 Å². The Morgan fingerprint density at radius 2 is 1.96 bits per heavy atom. The van der Waals surface area contributed by atoms with E-state index in [0.29, 0.717) is 17.1 Å². The second kappa shape index (κ2) is 9.47. The fourth-order valence-corrected chi connectivity index (χ4v) is 2.52. The van der Waals surface area contributed by atoms with Gasteiger partial charge in [-0.3, -0.25) is 9.78 Å². The molecule has 1 aromatic carbocycles. The number of aromatic nitrogens is 1. The van der Waals surface area contributed by atoms with Gasteiger partial charge in [0.25, 0.3) is 5.91 Å². The monoisotopic (exact) mass is 369 g/mol. The van der Waals surface area contributed by atoms with E-state index in [0.717, 1.165) is 19.6 Å². The van der Waals surface area contributed by atoms with Crippen molar-refractivity contribution in [2.24, 2.45) is 0 Å². The minimum atomic E-state index is 0. The normalized spacial score (nSPS) is 16.5. The molecule has 0 aliphatic carbocycles. The van der Waals surface area contributed by atoms with Crippen LogP contribution in [0.25, 0.3) is 0 Å². The van der Waals surface area contributed by atoms with Crippen LogP contribution in [0, 0.1) is 0 Å². The quantitative estimate of drug-likeness (QED) is 0.902. The van der Waals surface area contributed by atoms with Crippen molar-refractivity contribution in [2.75, 3.05) is 19.6 Å². The molecular formula is C17H21Cl2N3O2. The summed E-state index contributed by atoms with van der Waals surface area (Å²) in [5.41, 5.74) is 0.687. The molecule has 1 fully saturated rings. The van der Waals surface area contributed by atoms with E-state index in [-0.39, 0.29) is 36.8 Å². The summed E-state index contributed by atoms with van der Waals surface area (Å²) in [6.45, 7) is 4.49. The van der Waals surface area contributed by atoms with E-state index in [2.05, 4.69) is 17.2 Å². The second-order valence-electron chi connectivity index (χ2n) is 5.37. The zero-order valence-corrected chi connectivity index (χ0v) is 15.0. The first-order valence-electron chi connectivity index (χ1n) is 7.43. The first-order valence-corrected chi connectivity index (χ1v) is 7.43. The van der Waals surface area contributed by atoms with Crippen LogP contribution in [0.2, 0.25) is 0 Å². The number of piperazine rings is 1. The van der Waals surface area contributed by atoms with Crippen LogP contribution < -0.4 is 10.1 Å². The van der Waals surface area contributed by atoms with E-state index in [9.17, 15) is 4.79 Å². The van der Waals surface area contributed by atoms with Crippen molar-refractivity contribution >= 4 is 30.7 Å². The molecule has 1 atom stereocenters. The van der Waals surface area contributed by atoms with E-state index >= 15 is 0 Å². The largest absolute Gasteiger partial charge is 0.456 e. The summed E-state index contributed by atoms with van der Waals surface area (Å²) in [7, 11) is 0. The number of hydrogen-bond acceptors (Lipinski definition) is 4. The predicted octanol–water partition coefficient (Wildman–Crippen LogP) is 3.15. The Labute approximate surface area is 154 Å². The van der Waals surface area contributed by atoms with Gasteiger partial charge < -0.3 is 15.0 Å². The van der Waals surface area contributed by atoms with Crippen LogP contribution in [-0.2, 0) is 0 Å². The summed E-state index contributed by atoms with van der Waals surface area (Å²) in [5.74, 6) is 1.44. The molecule has 7 heteroatoms. The maximum atomic E-state index is 12.5. The fourth-order valence-electron chi connectivity index (χ4n) is 2.52. The van der Waals surface area contributed by atoms with Gasteiger partial charge >= 0.3 is 0 Å². The Kier molecular flexibility index (Phi) is 7.98. The molecule has 1 saturated heterocycles. The number of pyridine rings is 1. The number of carbonyl (C=O) groups excluding carboxylic acids is 1. The standard InChI is InChI=1S/C17H19N3O2.2ClH/c1-13-11-19-9-10-20(13)17(21)14-4-6-15(7-5-14)22-16-3-2-8-18-12-16;;/h2-8,12-13,19H,9-11H2,1H3;2*1H/t13-;;/m1../s1. The lowest BCUT2D eigenvalue weighted by Crippen LogP contribution is -2.52. The molecule has 0 unspecified atom stereocenters. The molecule has 24 heavy (non-hydrogen) atoms. The minimum absolute atomic E-state index is 0. The summed E-state index contributed by atoms with van der Waals surface area (Å²) in [5, 5.41) is 3.29. The van der Waals surface area contributed by atoms with Gasteiger partial charge in [-0.2, -0.15) is 0 Å². The van der Waals surface area contributed by atoms with E-state index in [1.165, 1.54) is 0 Å². The van der Waals surface area contributed by atoms with Crippen LogP contribution in [0.4, 0.5) is 0 Å². The van der Waals surface area contributed by atoms with Crippen LogP contribution in [0.15, 0.2) is 48.8 Å². The number of carbonyl (C=O) groups is 1. The molecule has 130 valence electrons. The average molecular weight is 370 g/mol. The van der Waals surface area contributed by atoms with Crippen molar-refractivity contribution in [1.29, 1.82) is 0 Å². The molecule has 0 saturated carbocycles. The summed E-state index contributed by atoms with van der Waals surface area (Å²) in [6.07, 6.45) is 3.35. The van der Waals surface area contributed by atoms with Gasteiger partial charge in [0.1, 0.15) is 11.5 Å². The van der Waals surface area contributed by atoms with Crippen molar-refractivity contribution < 1.29 is 9.53 Å². The molecule has 0 bridgehead atoms. The Bertz CT molecular complexity index is 638. The first-order chi connectivity index (χ1) is 10.7. The van der Waals surface area contributed by atoms with Crippen molar-refractivity contribution in [3.63, 3.8) is 0 Å². The Morgan fingerprint density at radius 1 is 1.21 bits per heavy atom. The zero-order chi connectivity index (χ0) is 15.4. The highest BCUT2D eigenvalue weighted by Crippen LogP contribution is 2.21. The molecule has 1 N–H and O–H groups in total.